The summed E-state index contributed by atoms with van der Waals surface area (Å²) in [6.45, 7) is 0.682. The second kappa shape index (κ2) is 5.70. The Bertz CT molecular complexity index is 607. The average molecular weight is 264 g/mol. The first-order valence-electron chi connectivity index (χ1n) is 6.74. The van der Waals surface area contributed by atoms with Gasteiger partial charge in [0.1, 0.15) is 0 Å². The van der Waals surface area contributed by atoms with Gasteiger partial charge in [-0.1, -0.05) is 48.6 Å². The van der Waals surface area contributed by atoms with Crippen molar-refractivity contribution in [2.75, 3.05) is 0 Å². The topological polar surface area (TPSA) is 33.2 Å². The molecular weight excluding hydrogens is 248 g/mol. The van der Waals surface area contributed by atoms with Gasteiger partial charge in [0.05, 0.1) is 12.5 Å². The lowest BCUT2D eigenvalue weighted by atomic mass is 9.99. The molecule has 0 N–H and O–H groups in total. The average Bonchev–Trinajstić information content (AvgIpc) is 2.51. The summed E-state index contributed by atoms with van der Waals surface area (Å²) in [6.07, 6.45) is 8.29. The predicted molar refractivity (Wildman–Crippen MR) is 78.7 cm³/mol. The molecule has 0 saturated carbocycles. The van der Waals surface area contributed by atoms with Gasteiger partial charge in [-0.15, -0.1) is 0 Å². The molecule has 0 spiro atoms. The molecule has 100 valence electrons. The molecule has 20 heavy (non-hydrogen) atoms. The molecule has 2 heterocycles. The summed E-state index contributed by atoms with van der Waals surface area (Å²) >= 11 is 0. The fourth-order valence-electron chi connectivity index (χ4n) is 2.33. The van der Waals surface area contributed by atoms with Crippen LogP contribution < -0.4 is 0 Å². The van der Waals surface area contributed by atoms with E-state index in [1.807, 2.05) is 59.6 Å². The van der Waals surface area contributed by atoms with Crippen molar-refractivity contribution in [2.24, 2.45) is 0 Å². The smallest absolute Gasteiger partial charge is 0.225 e. The lowest BCUT2D eigenvalue weighted by Gasteiger charge is -2.39. The number of carbonyl (C=O) groups excluding carboxylic acids is 1. The molecule has 0 bridgehead atoms. The van der Waals surface area contributed by atoms with Crippen molar-refractivity contribution < 1.29 is 4.79 Å². The zero-order valence-corrected chi connectivity index (χ0v) is 11.1. The fourth-order valence-corrected chi connectivity index (χ4v) is 2.33. The van der Waals surface area contributed by atoms with E-state index < -0.39 is 0 Å². The summed E-state index contributed by atoms with van der Waals surface area (Å²) in [6, 6.07) is 14.2. The maximum Gasteiger partial charge on any atom is 0.225 e. The van der Waals surface area contributed by atoms with E-state index >= 15 is 0 Å². The van der Waals surface area contributed by atoms with Crippen LogP contribution in [-0.2, 0) is 11.3 Å². The molecule has 1 aromatic heterocycles. The fraction of sp³-hybridized carbons (Fsp3) is 0.176. The van der Waals surface area contributed by atoms with Crippen molar-refractivity contribution in [1.82, 2.24) is 9.88 Å². The van der Waals surface area contributed by atoms with Gasteiger partial charge in [0.25, 0.3) is 0 Å². The van der Waals surface area contributed by atoms with Crippen LogP contribution in [-0.4, -0.2) is 21.8 Å². The largest absolute Gasteiger partial charge is 0.331 e. The molecule has 3 nitrogen and oxygen atoms in total. The van der Waals surface area contributed by atoms with Gasteiger partial charge in [0.2, 0.25) is 5.91 Å². The van der Waals surface area contributed by atoms with Crippen LogP contribution in [0.1, 0.15) is 17.5 Å². The van der Waals surface area contributed by atoms with Crippen LogP contribution in [0.25, 0.3) is 6.08 Å². The van der Waals surface area contributed by atoms with Gasteiger partial charge < -0.3 is 4.90 Å². The Morgan fingerprint density at radius 2 is 2.05 bits per heavy atom. The lowest BCUT2D eigenvalue weighted by Crippen LogP contribution is -2.50. The van der Waals surface area contributed by atoms with E-state index in [-0.39, 0.29) is 11.9 Å². The van der Waals surface area contributed by atoms with Crippen LogP contribution in [0.3, 0.4) is 0 Å². The highest BCUT2D eigenvalue weighted by Crippen LogP contribution is 2.23. The first-order chi connectivity index (χ1) is 9.83. The van der Waals surface area contributed by atoms with Crippen LogP contribution in [0.15, 0.2) is 60.9 Å². The molecule has 1 aliphatic rings. The van der Waals surface area contributed by atoms with Gasteiger partial charge in [0, 0.05) is 18.9 Å². The Labute approximate surface area is 118 Å². The van der Waals surface area contributed by atoms with Gasteiger partial charge in [0.15, 0.2) is 0 Å². The van der Waals surface area contributed by atoms with E-state index in [2.05, 4.69) is 11.1 Å². The number of nitrogens with zero attached hydrogens (tertiary/aromatic N) is 2. The number of amides is 1. The minimum absolute atomic E-state index is 0.197. The molecule has 3 heteroatoms. The van der Waals surface area contributed by atoms with E-state index in [0.29, 0.717) is 13.0 Å². The van der Waals surface area contributed by atoms with E-state index in [1.165, 1.54) is 5.56 Å². The molecule has 0 radical (unpaired) electrons. The lowest BCUT2D eigenvalue weighted by molar-refractivity contribution is -0.144. The van der Waals surface area contributed by atoms with Gasteiger partial charge in [-0.2, -0.15) is 0 Å². The highest BCUT2D eigenvalue weighted by atomic mass is 16.2. The number of carbonyl (C=O) groups is 1. The number of aromatic nitrogens is 1. The Kier molecular flexibility index (Phi) is 3.59. The van der Waals surface area contributed by atoms with E-state index in [0.717, 1.165) is 5.56 Å². The summed E-state index contributed by atoms with van der Waals surface area (Å²) in [5, 5.41) is 0. The first kappa shape index (κ1) is 12.6. The molecule has 1 fully saturated rings. The highest BCUT2D eigenvalue weighted by Gasteiger charge is 2.33. The molecule has 1 atom stereocenters. The maximum atomic E-state index is 11.7. The van der Waals surface area contributed by atoms with Crippen molar-refractivity contribution in [1.29, 1.82) is 0 Å². The minimum atomic E-state index is 0.197. The van der Waals surface area contributed by atoms with Crippen LogP contribution in [0.4, 0.5) is 0 Å². The second-order valence-corrected chi connectivity index (χ2v) is 4.92. The van der Waals surface area contributed by atoms with Crippen molar-refractivity contribution in [2.45, 2.75) is 19.0 Å². The summed E-state index contributed by atoms with van der Waals surface area (Å²) in [5.74, 6) is 0.217. The SMILES string of the molecule is O=C1CC(C=Cc2cccnc2)N1Cc1ccccc1. The summed E-state index contributed by atoms with van der Waals surface area (Å²) in [4.78, 5) is 17.7. The molecule has 1 amide bonds. The Morgan fingerprint density at radius 1 is 1.20 bits per heavy atom. The number of likely N-dealkylation sites (tertiary alicyclic amines) is 1. The molecule has 1 aliphatic heterocycles. The zero-order valence-electron chi connectivity index (χ0n) is 11.1. The maximum absolute atomic E-state index is 11.7. The molecule has 1 aromatic carbocycles. The molecule has 3 rings (SSSR count). The molecule has 1 saturated heterocycles. The Balaban J connectivity index is 1.66. The highest BCUT2D eigenvalue weighted by molar-refractivity contribution is 5.84. The van der Waals surface area contributed by atoms with E-state index in [9.17, 15) is 4.79 Å². The summed E-state index contributed by atoms with van der Waals surface area (Å²) < 4.78 is 0. The zero-order chi connectivity index (χ0) is 13.8. The number of pyridine rings is 1. The minimum Gasteiger partial charge on any atom is -0.331 e. The number of hydrogen-bond donors (Lipinski definition) is 0. The number of hydrogen-bond acceptors (Lipinski definition) is 2. The van der Waals surface area contributed by atoms with Crippen molar-refractivity contribution in [3.05, 3.63) is 72.1 Å². The van der Waals surface area contributed by atoms with Gasteiger partial charge in [-0.3, -0.25) is 9.78 Å². The number of rotatable bonds is 4. The third-order valence-electron chi connectivity index (χ3n) is 3.50. The van der Waals surface area contributed by atoms with Gasteiger partial charge in [-0.25, -0.2) is 0 Å². The second-order valence-electron chi connectivity index (χ2n) is 4.92. The monoisotopic (exact) mass is 264 g/mol. The van der Waals surface area contributed by atoms with Crippen LogP contribution in [0, 0.1) is 0 Å². The molecule has 1 unspecified atom stereocenters. The van der Waals surface area contributed by atoms with Crippen molar-refractivity contribution in [3.63, 3.8) is 0 Å². The van der Waals surface area contributed by atoms with Crippen LogP contribution >= 0.6 is 0 Å². The first-order valence-corrected chi connectivity index (χ1v) is 6.74. The van der Waals surface area contributed by atoms with Crippen molar-refractivity contribution >= 4 is 12.0 Å². The third-order valence-corrected chi connectivity index (χ3v) is 3.50. The standard InChI is InChI=1S/C17H16N2O/c20-17-11-16(9-8-14-7-4-10-18-12-14)19(17)13-15-5-2-1-3-6-15/h1-10,12,16H,11,13H2. The molecule has 0 aliphatic carbocycles. The van der Waals surface area contributed by atoms with Gasteiger partial charge in [-0.05, 0) is 17.2 Å². The Hall–Kier alpha value is -2.42. The van der Waals surface area contributed by atoms with E-state index in [1.54, 1.807) is 6.20 Å². The van der Waals surface area contributed by atoms with Crippen LogP contribution in [0.2, 0.25) is 0 Å². The quantitative estimate of drug-likeness (QED) is 0.795. The molecule has 2 aromatic rings. The third kappa shape index (κ3) is 2.77. The normalized spacial score (nSPS) is 18.3. The number of β-lactam (4-membered cyclic amide) rings is 1. The summed E-state index contributed by atoms with van der Waals surface area (Å²) in [7, 11) is 0. The summed E-state index contributed by atoms with van der Waals surface area (Å²) in [5.41, 5.74) is 2.23. The van der Waals surface area contributed by atoms with Crippen LogP contribution in [0.5, 0.6) is 0 Å². The number of benzene rings is 1. The van der Waals surface area contributed by atoms with Gasteiger partial charge >= 0.3 is 0 Å². The van der Waals surface area contributed by atoms with Crippen molar-refractivity contribution in [3.8, 4) is 0 Å². The van der Waals surface area contributed by atoms with E-state index in [4.69, 9.17) is 0 Å². The molecular formula is C17H16N2O. The predicted octanol–water partition coefficient (Wildman–Crippen LogP) is 2.90. The Morgan fingerprint density at radius 3 is 2.75 bits per heavy atom.